The van der Waals surface area contributed by atoms with Crippen LogP contribution in [0.2, 0.25) is 0 Å². The van der Waals surface area contributed by atoms with Crippen LogP contribution in [0.5, 0.6) is 0 Å². The normalized spacial score (nSPS) is 15.6. The molecular weight excluding hydrogens is 477 g/mol. The van der Waals surface area contributed by atoms with Crippen LogP contribution in [0, 0.1) is 12.7 Å². The number of pyridine rings is 1. The first-order valence-electron chi connectivity index (χ1n) is 11.4. The first kappa shape index (κ1) is 23.6. The van der Waals surface area contributed by atoms with Gasteiger partial charge in [0.1, 0.15) is 16.9 Å². The maximum atomic E-state index is 13.8. The van der Waals surface area contributed by atoms with Crippen LogP contribution in [0.25, 0.3) is 10.6 Å². The molecule has 1 atom stereocenters. The number of halogens is 1. The van der Waals surface area contributed by atoms with Crippen LogP contribution in [0.1, 0.15) is 32.7 Å². The van der Waals surface area contributed by atoms with Crippen molar-refractivity contribution in [3.05, 3.63) is 118 Å². The van der Waals surface area contributed by atoms with E-state index in [0.29, 0.717) is 27.7 Å². The summed E-state index contributed by atoms with van der Waals surface area (Å²) in [5, 5.41) is 11.6. The zero-order valence-corrected chi connectivity index (χ0v) is 20.2. The minimum atomic E-state index is -0.853. The van der Waals surface area contributed by atoms with E-state index in [2.05, 4.69) is 9.97 Å². The Morgan fingerprint density at radius 2 is 1.78 bits per heavy atom. The summed E-state index contributed by atoms with van der Waals surface area (Å²) in [6.07, 6.45) is 2.00. The van der Waals surface area contributed by atoms with E-state index in [4.69, 9.17) is 0 Å². The summed E-state index contributed by atoms with van der Waals surface area (Å²) in [5.41, 5.74) is 2.70. The average Bonchev–Trinajstić information content (AvgIpc) is 3.41. The number of ketones is 1. The van der Waals surface area contributed by atoms with Crippen LogP contribution >= 0.6 is 11.3 Å². The Kier molecular flexibility index (Phi) is 6.43. The number of hydrogen-bond acceptors (Lipinski definition) is 6. The number of aryl methyl sites for hydroxylation is 1. The van der Waals surface area contributed by atoms with E-state index >= 15 is 0 Å². The third kappa shape index (κ3) is 4.43. The fourth-order valence-electron chi connectivity index (χ4n) is 4.30. The maximum Gasteiger partial charge on any atom is 0.290 e. The SMILES string of the molecule is Cc1nc(-c2ccccc2)sc1C(=O)C1=C(O)C(=O)N(CCc2ccc(F)cc2)C1c1ccccn1. The minimum Gasteiger partial charge on any atom is -0.503 e. The van der Waals surface area contributed by atoms with E-state index in [9.17, 15) is 19.1 Å². The lowest BCUT2D eigenvalue weighted by Gasteiger charge is -2.26. The van der Waals surface area contributed by atoms with Gasteiger partial charge in [-0.1, -0.05) is 48.5 Å². The zero-order valence-electron chi connectivity index (χ0n) is 19.4. The molecule has 4 aromatic rings. The Morgan fingerprint density at radius 3 is 2.47 bits per heavy atom. The van der Waals surface area contributed by atoms with Gasteiger partial charge in [0.15, 0.2) is 5.76 Å². The molecule has 0 saturated heterocycles. The molecule has 1 aliphatic heterocycles. The molecule has 1 aliphatic rings. The topological polar surface area (TPSA) is 83.4 Å². The molecule has 1 N–H and O–H groups in total. The molecular formula is C28H22FN3O3S. The quantitative estimate of drug-likeness (QED) is 0.341. The molecule has 0 bridgehead atoms. The van der Waals surface area contributed by atoms with Crippen LogP contribution in [0.3, 0.4) is 0 Å². The van der Waals surface area contributed by atoms with E-state index in [1.165, 1.54) is 28.4 Å². The highest BCUT2D eigenvalue weighted by atomic mass is 32.1. The van der Waals surface area contributed by atoms with Crippen LogP contribution < -0.4 is 0 Å². The molecule has 0 fully saturated rings. The molecule has 3 heterocycles. The second-order valence-electron chi connectivity index (χ2n) is 8.42. The summed E-state index contributed by atoms with van der Waals surface area (Å²) in [5.74, 6) is -2.01. The van der Waals surface area contributed by atoms with Crippen molar-refractivity contribution < 1.29 is 19.1 Å². The van der Waals surface area contributed by atoms with Gasteiger partial charge in [-0.3, -0.25) is 14.6 Å². The Balaban J connectivity index is 1.50. The number of rotatable bonds is 7. The number of benzene rings is 2. The number of aliphatic hydroxyl groups excluding tert-OH is 1. The number of aromatic nitrogens is 2. The number of Topliss-reactive ketones (excluding diaryl/α,β-unsaturated/α-hetero) is 1. The molecule has 36 heavy (non-hydrogen) atoms. The van der Waals surface area contributed by atoms with Gasteiger partial charge in [-0.25, -0.2) is 9.37 Å². The largest absolute Gasteiger partial charge is 0.503 e. The molecule has 8 heteroatoms. The number of nitrogens with zero attached hydrogens (tertiary/aromatic N) is 3. The van der Waals surface area contributed by atoms with Crippen molar-refractivity contribution in [1.82, 2.24) is 14.9 Å². The lowest BCUT2D eigenvalue weighted by molar-refractivity contribution is -0.129. The molecule has 5 rings (SSSR count). The van der Waals surface area contributed by atoms with E-state index in [1.807, 2.05) is 30.3 Å². The second-order valence-corrected chi connectivity index (χ2v) is 9.42. The summed E-state index contributed by atoms with van der Waals surface area (Å²) >= 11 is 1.23. The fraction of sp³-hybridized carbons (Fsp3) is 0.143. The molecule has 0 spiro atoms. The van der Waals surface area contributed by atoms with Crippen LogP contribution in [0.15, 0.2) is 90.3 Å². The third-order valence-corrected chi connectivity index (χ3v) is 7.30. The van der Waals surface area contributed by atoms with Crippen molar-refractivity contribution in [3.8, 4) is 10.6 Å². The van der Waals surface area contributed by atoms with Gasteiger partial charge in [0, 0.05) is 18.3 Å². The Labute approximate surface area is 211 Å². The smallest absolute Gasteiger partial charge is 0.290 e. The lowest BCUT2D eigenvalue weighted by atomic mass is 9.98. The number of aliphatic hydroxyl groups is 1. The summed E-state index contributed by atoms with van der Waals surface area (Å²) < 4.78 is 13.3. The number of amides is 1. The van der Waals surface area contributed by atoms with Crippen molar-refractivity contribution in [1.29, 1.82) is 0 Å². The average molecular weight is 500 g/mol. The predicted octanol–water partition coefficient (Wildman–Crippen LogP) is 5.47. The standard InChI is InChI=1S/C28H22FN3O3S/c1-17-26(36-27(31-17)19-7-3-2-4-8-19)24(33)22-23(21-9-5-6-15-30-21)32(28(35)25(22)34)16-14-18-10-12-20(29)13-11-18/h2-13,15,23,34H,14,16H2,1H3. The predicted molar refractivity (Wildman–Crippen MR) is 135 cm³/mol. The van der Waals surface area contributed by atoms with Crippen molar-refractivity contribution in [2.75, 3.05) is 6.54 Å². The van der Waals surface area contributed by atoms with E-state index < -0.39 is 23.5 Å². The Hall–Kier alpha value is -4.17. The lowest BCUT2D eigenvalue weighted by Crippen LogP contribution is -2.33. The molecule has 0 saturated carbocycles. The minimum absolute atomic E-state index is 0.0100. The van der Waals surface area contributed by atoms with E-state index in [0.717, 1.165) is 11.1 Å². The van der Waals surface area contributed by atoms with Gasteiger partial charge in [-0.15, -0.1) is 11.3 Å². The third-order valence-electron chi connectivity index (χ3n) is 6.09. The first-order valence-corrected chi connectivity index (χ1v) is 12.2. The number of thiazole rings is 1. The van der Waals surface area contributed by atoms with Gasteiger partial charge in [0.2, 0.25) is 5.78 Å². The van der Waals surface area contributed by atoms with Gasteiger partial charge in [0.05, 0.1) is 21.8 Å². The molecule has 1 unspecified atom stereocenters. The van der Waals surface area contributed by atoms with Crippen molar-refractivity contribution >= 4 is 23.0 Å². The molecule has 2 aromatic carbocycles. The Morgan fingerprint density at radius 1 is 1.06 bits per heavy atom. The van der Waals surface area contributed by atoms with Gasteiger partial charge in [-0.2, -0.15) is 0 Å². The van der Waals surface area contributed by atoms with Crippen molar-refractivity contribution in [2.45, 2.75) is 19.4 Å². The first-order chi connectivity index (χ1) is 17.4. The summed E-state index contributed by atoms with van der Waals surface area (Å²) in [4.78, 5) is 37.8. The van der Waals surface area contributed by atoms with Gasteiger partial charge in [-0.05, 0) is 43.2 Å². The number of carbonyl (C=O) groups is 2. The molecule has 0 aliphatic carbocycles. The van der Waals surface area contributed by atoms with Crippen molar-refractivity contribution in [3.63, 3.8) is 0 Å². The fourth-order valence-corrected chi connectivity index (χ4v) is 5.32. The monoisotopic (exact) mass is 499 g/mol. The highest BCUT2D eigenvalue weighted by molar-refractivity contribution is 7.17. The van der Waals surface area contributed by atoms with Crippen LogP contribution in [-0.4, -0.2) is 38.2 Å². The van der Waals surface area contributed by atoms with E-state index in [-0.39, 0.29) is 17.9 Å². The highest BCUT2D eigenvalue weighted by Gasteiger charge is 2.45. The molecule has 0 radical (unpaired) electrons. The summed E-state index contributed by atoms with van der Waals surface area (Å²) in [6.45, 7) is 1.95. The summed E-state index contributed by atoms with van der Waals surface area (Å²) in [6, 6.07) is 19.9. The zero-order chi connectivity index (χ0) is 25.2. The number of hydrogen-bond donors (Lipinski definition) is 1. The molecule has 180 valence electrons. The van der Waals surface area contributed by atoms with Crippen molar-refractivity contribution in [2.24, 2.45) is 0 Å². The van der Waals surface area contributed by atoms with Gasteiger partial charge >= 0.3 is 0 Å². The van der Waals surface area contributed by atoms with Gasteiger partial charge < -0.3 is 10.0 Å². The number of carbonyl (C=O) groups excluding carboxylic acids is 2. The van der Waals surface area contributed by atoms with Crippen LogP contribution in [0.4, 0.5) is 4.39 Å². The molecule has 1 amide bonds. The van der Waals surface area contributed by atoms with Gasteiger partial charge in [0.25, 0.3) is 5.91 Å². The highest BCUT2D eigenvalue weighted by Crippen LogP contribution is 2.40. The summed E-state index contributed by atoms with van der Waals surface area (Å²) in [7, 11) is 0. The van der Waals surface area contributed by atoms with Crippen LogP contribution in [-0.2, 0) is 11.2 Å². The molecule has 6 nitrogen and oxygen atoms in total. The second kappa shape index (κ2) is 9.83. The van der Waals surface area contributed by atoms with E-state index in [1.54, 1.807) is 43.5 Å². The maximum absolute atomic E-state index is 13.8. The Bertz CT molecular complexity index is 1450. The molecule has 2 aromatic heterocycles.